The number of carbonyl (C=O) groups is 1. The van der Waals surface area contributed by atoms with Crippen LogP contribution in [-0.4, -0.2) is 53.3 Å². The zero-order chi connectivity index (χ0) is 18.6. The van der Waals surface area contributed by atoms with Gasteiger partial charge in [-0.2, -0.15) is 5.10 Å². The third-order valence-corrected chi connectivity index (χ3v) is 5.71. The summed E-state index contributed by atoms with van der Waals surface area (Å²) in [5, 5.41) is 7.50. The molecule has 27 heavy (non-hydrogen) atoms. The largest absolute Gasteiger partial charge is 0.369 e. The normalized spacial score (nSPS) is 18.8. The van der Waals surface area contributed by atoms with E-state index in [9.17, 15) is 4.79 Å². The number of amides is 1. The molecule has 2 fully saturated rings. The molecule has 144 valence electrons. The second kappa shape index (κ2) is 8.13. The Morgan fingerprint density at radius 2 is 1.93 bits per heavy atom. The minimum Gasteiger partial charge on any atom is -0.369 e. The first-order valence-corrected chi connectivity index (χ1v) is 10.1. The molecule has 0 unspecified atom stereocenters. The Balaban J connectivity index is 1.28. The summed E-state index contributed by atoms with van der Waals surface area (Å²) in [5.41, 5.74) is 2.56. The molecule has 0 atom stereocenters. The molecular weight excluding hydrogens is 338 g/mol. The smallest absolute Gasteiger partial charge is 0.239 e. The van der Waals surface area contributed by atoms with Crippen LogP contribution in [-0.2, 0) is 4.79 Å². The number of aryl methyl sites for hydroxylation is 1. The molecule has 1 aromatic heterocycles. The Morgan fingerprint density at radius 3 is 2.67 bits per heavy atom. The molecule has 1 saturated heterocycles. The van der Waals surface area contributed by atoms with E-state index in [1.807, 2.05) is 10.7 Å². The minimum atomic E-state index is 0.0544. The van der Waals surface area contributed by atoms with Crippen LogP contribution >= 0.6 is 0 Å². The van der Waals surface area contributed by atoms with Crippen molar-refractivity contribution in [3.05, 3.63) is 42.1 Å². The molecule has 1 N–H and O–H groups in total. The number of nitrogens with one attached hydrogen (secondary N) is 1. The van der Waals surface area contributed by atoms with Gasteiger partial charge in [-0.3, -0.25) is 9.69 Å². The summed E-state index contributed by atoms with van der Waals surface area (Å²) in [7, 11) is 0. The van der Waals surface area contributed by atoms with Crippen LogP contribution in [0, 0.1) is 6.92 Å². The van der Waals surface area contributed by atoms with Crippen molar-refractivity contribution in [3.63, 3.8) is 0 Å². The fourth-order valence-corrected chi connectivity index (χ4v) is 4.23. The summed E-state index contributed by atoms with van der Waals surface area (Å²) < 4.78 is 2.00. The molecule has 1 aliphatic carbocycles. The number of anilines is 2. The van der Waals surface area contributed by atoms with Crippen LogP contribution in [0.5, 0.6) is 0 Å². The molecule has 1 saturated carbocycles. The average molecular weight is 367 g/mol. The third kappa shape index (κ3) is 4.33. The molecule has 6 nitrogen and oxygen atoms in total. The van der Waals surface area contributed by atoms with E-state index in [0.29, 0.717) is 12.6 Å². The Morgan fingerprint density at radius 1 is 1.15 bits per heavy atom. The van der Waals surface area contributed by atoms with Crippen LogP contribution in [0.1, 0.15) is 37.3 Å². The first kappa shape index (κ1) is 18.0. The highest BCUT2D eigenvalue weighted by molar-refractivity contribution is 5.91. The number of hydrogen-bond donors (Lipinski definition) is 1. The summed E-state index contributed by atoms with van der Waals surface area (Å²) in [4.78, 5) is 17.2. The van der Waals surface area contributed by atoms with E-state index in [-0.39, 0.29) is 5.91 Å². The lowest BCUT2D eigenvalue weighted by molar-refractivity contribution is -0.117. The standard InChI is InChI=1S/C21H29N5O/c1-17-5-4-8-19(15-17)25-13-11-24(12-14-25)16-21(27)23-20-9-10-22-26(20)18-6-2-3-7-18/h4-5,8-10,15,18H,2-3,6-7,11-14,16H2,1H3,(H,23,27). The van der Waals surface area contributed by atoms with Gasteiger partial charge in [-0.1, -0.05) is 25.0 Å². The van der Waals surface area contributed by atoms with Gasteiger partial charge in [0.1, 0.15) is 5.82 Å². The second-order valence-corrected chi connectivity index (χ2v) is 7.75. The van der Waals surface area contributed by atoms with Crippen LogP contribution in [0.4, 0.5) is 11.5 Å². The molecule has 1 amide bonds. The molecule has 0 spiro atoms. The molecule has 2 heterocycles. The summed E-state index contributed by atoms with van der Waals surface area (Å²) in [6.45, 7) is 6.29. The second-order valence-electron chi connectivity index (χ2n) is 7.75. The lowest BCUT2D eigenvalue weighted by Gasteiger charge is -2.35. The van der Waals surface area contributed by atoms with Crippen LogP contribution < -0.4 is 10.2 Å². The predicted molar refractivity (Wildman–Crippen MR) is 108 cm³/mol. The first-order chi connectivity index (χ1) is 13.2. The van der Waals surface area contributed by atoms with E-state index in [1.54, 1.807) is 6.20 Å². The fourth-order valence-electron chi connectivity index (χ4n) is 4.23. The Hall–Kier alpha value is -2.34. The van der Waals surface area contributed by atoms with Gasteiger partial charge in [0.25, 0.3) is 0 Å². The highest BCUT2D eigenvalue weighted by atomic mass is 16.2. The van der Waals surface area contributed by atoms with Crippen molar-refractivity contribution in [1.29, 1.82) is 0 Å². The maximum atomic E-state index is 12.5. The number of benzene rings is 1. The fraction of sp³-hybridized carbons (Fsp3) is 0.524. The van der Waals surface area contributed by atoms with Gasteiger partial charge in [-0.05, 0) is 37.5 Å². The molecule has 2 aliphatic rings. The quantitative estimate of drug-likeness (QED) is 0.882. The van der Waals surface area contributed by atoms with Crippen molar-refractivity contribution in [3.8, 4) is 0 Å². The summed E-state index contributed by atoms with van der Waals surface area (Å²) in [6, 6.07) is 11.0. The summed E-state index contributed by atoms with van der Waals surface area (Å²) in [5.74, 6) is 0.893. The average Bonchev–Trinajstić information content (AvgIpc) is 3.33. The molecule has 1 aliphatic heterocycles. The Bertz CT molecular complexity index is 772. The minimum absolute atomic E-state index is 0.0544. The van der Waals surface area contributed by atoms with Crippen molar-refractivity contribution < 1.29 is 4.79 Å². The van der Waals surface area contributed by atoms with Gasteiger partial charge < -0.3 is 10.2 Å². The zero-order valence-electron chi connectivity index (χ0n) is 16.1. The van der Waals surface area contributed by atoms with E-state index in [0.717, 1.165) is 44.8 Å². The van der Waals surface area contributed by atoms with Crippen molar-refractivity contribution in [1.82, 2.24) is 14.7 Å². The van der Waals surface area contributed by atoms with Gasteiger partial charge in [-0.15, -0.1) is 0 Å². The Labute approximate surface area is 161 Å². The van der Waals surface area contributed by atoms with E-state index in [2.05, 4.69) is 51.4 Å². The van der Waals surface area contributed by atoms with Gasteiger partial charge in [0, 0.05) is 37.9 Å². The van der Waals surface area contributed by atoms with E-state index in [1.165, 1.54) is 24.1 Å². The van der Waals surface area contributed by atoms with Crippen molar-refractivity contribution >= 4 is 17.4 Å². The lowest BCUT2D eigenvalue weighted by Crippen LogP contribution is -2.48. The molecule has 1 aromatic carbocycles. The summed E-state index contributed by atoms with van der Waals surface area (Å²) in [6.07, 6.45) is 6.61. The van der Waals surface area contributed by atoms with E-state index < -0.39 is 0 Å². The summed E-state index contributed by atoms with van der Waals surface area (Å²) >= 11 is 0. The highest BCUT2D eigenvalue weighted by Gasteiger charge is 2.22. The van der Waals surface area contributed by atoms with Gasteiger partial charge in [-0.25, -0.2) is 4.68 Å². The van der Waals surface area contributed by atoms with Crippen molar-refractivity contribution in [2.24, 2.45) is 0 Å². The third-order valence-electron chi connectivity index (χ3n) is 5.71. The number of piperazine rings is 1. The molecule has 0 bridgehead atoms. The van der Waals surface area contributed by atoms with Gasteiger partial charge in [0.2, 0.25) is 5.91 Å². The predicted octanol–water partition coefficient (Wildman–Crippen LogP) is 3.07. The first-order valence-electron chi connectivity index (χ1n) is 10.1. The number of rotatable bonds is 5. The maximum absolute atomic E-state index is 12.5. The number of hydrogen-bond acceptors (Lipinski definition) is 4. The lowest BCUT2D eigenvalue weighted by atomic mass is 10.2. The topological polar surface area (TPSA) is 53.4 Å². The van der Waals surface area contributed by atoms with E-state index in [4.69, 9.17) is 0 Å². The van der Waals surface area contributed by atoms with Gasteiger partial charge in [0.15, 0.2) is 0 Å². The van der Waals surface area contributed by atoms with E-state index >= 15 is 0 Å². The van der Waals surface area contributed by atoms with Crippen LogP contribution in [0.15, 0.2) is 36.5 Å². The molecule has 2 aromatic rings. The monoisotopic (exact) mass is 367 g/mol. The molecule has 4 rings (SSSR count). The molecular formula is C21H29N5O. The number of aromatic nitrogens is 2. The molecule has 6 heteroatoms. The molecule has 0 radical (unpaired) electrons. The van der Waals surface area contributed by atoms with Crippen LogP contribution in [0.25, 0.3) is 0 Å². The zero-order valence-corrected chi connectivity index (χ0v) is 16.1. The van der Waals surface area contributed by atoms with Crippen LogP contribution in [0.3, 0.4) is 0 Å². The highest BCUT2D eigenvalue weighted by Crippen LogP contribution is 2.31. The van der Waals surface area contributed by atoms with Crippen LogP contribution in [0.2, 0.25) is 0 Å². The van der Waals surface area contributed by atoms with Gasteiger partial charge >= 0.3 is 0 Å². The van der Waals surface area contributed by atoms with Crippen molar-refractivity contribution in [2.45, 2.75) is 38.6 Å². The van der Waals surface area contributed by atoms with Crippen molar-refractivity contribution in [2.75, 3.05) is 42.9 Å². The number of carbonyl (C=O) groups excluding carboxylic acids is 1. The maximum Gasteiger partial charge on any atom is 0.239 e. The Kier molecular flexibility index (Phi) is 5.43. The SMILES string of the molecule is Cc1cccc(N2CCN(CC(=O)Nc3ccnn3C3CCCC3)CC2)c1. The number of nitrogens with zero attached hydrogens (tertiary/aromatic N) is 4. The van der Waals surface area contributed by atoms with Gasteiger partial charge in [0.05, 0.1) is 18.8 Å².